The Balaban J connectivity index is 1.20. The molecule has 4 aliphatic rings. The first-order valence-corrected chi connectivity index (χ1v) is 14.9. The molecule has 3 N–H and O–H groups in total. The standard InChI is InChI=1S/C32H46N2O3/c1-18-5-7-20-17-33-29(34-26(20)13-18)10-6-19(2)23-8-9-24-30-25(16-28(37)32(23,24)4)31(3)12-11-22(35)14-21(31)15-27(30)36/h5,7,13,17,19,21-25,27-28,30,35-37H,6,8-12,14-16H2,1-4H3/t19-,21+,22-,23-,24+,25+,27-,28+,30+,31+,32-/m1/s1. The highest BCUT2D eigenvalue weighted by Crippen LogP contribution is 2.68. The van der Waals surface area contributed by atoms with Gasteiger partial charge in [-0.15, -0.1) is 0 Å². The maximum atomic E-state index is 11.8. The van der Waals surface area contributed by atoms with Gasteiger partial charge in [0.25, 0.3) is 0 Å². The summed E-state index contributed by atoms with van der Waals surface area (Å²) in [7, 11) is 0. The van der Waals surface area contributed by atoms with Crippen LogP contribution < -0.4 is 0 Å². The molecule has 37 heavy (non-hydrogen) atoms. The molecule has 2 aromatic rings. The van der Waals surface area contributed by atoms with Crippen LogP contribution >= 0.6 is 0 Å². The highest BCUT2D eigenvalue weighted by molar-refractivity contribution is 5.78. The van der Waals surface area contributed by atoms with Crippen LogP contribution in [0.4, 0.5) is 0 Å². The Morgan fingerprint density at radius 2 is 1.84 bits per heavy atom. The number of aromatic nitrogens is 2. The van der Waals surface area contributed by atoms with E-state index < -0.39 is 0 Å². The number of benzene rings is 1. The number of aliphatic hydroxyl groups is 3. The molecule has 1 aromatic carbocycles. The van der Waals surface area contributed by atoms with E-state index in [1.165, 1.54) is 5.56 Å². The van der Waals surface area contributed by atoms with E-state index in [9.17, 15) is 15.3 Å². The summed E-state index contributed by atoms with van der Waals surface area (Å²) in [6.45, 7) is 9.21. The lowest BCUT2D eigenvalue weighted by molar-refractivity contribution is -0.207. The van der Waals surface area contributed by atoms with Crippen molar-refractivity contribution in [2.75, 3.05) is 0 Å². The van der Waals surface area contributed by atoms with Gasteiger partial charge in [-0.25, -0.2) is 9.97 Å². The van der Waals surface area contributed by atoms with Crippen molar-refractivity contribution in [1.82, 2.24) is 9.97 Å². The minimum Gasteiger partial charge on any atom is -0.393 e. The van der Waals surface area contributed by atoms with Crippen LogP contribution in [0.1, 0.15) is 83.5 Å². The first-order valence-electron chi connectivity index (χ1n) is 14.9. The zero-order valence-corrected chi connectivity index (χ0v) is 23.1. The lowest BCUT2D eigenvalue weighted by Crippen LogP contribution is -2.62. The van der Waals surface area contributed by atoms with E-state index in [-0.39, 0.29) is 35.1 Å². The van der Waals surface area contributed by atoms with E-state index in [2.05, 4.69) is 50.9 Å². The normalized spacial score (nSPS) is 44.2. The molecule has 0 radical (unpaired) electrons. The minimum atomic E-state index is -0.330. The highest BCUT2D eigenvalue weighted by Gasteiger charge is 2.65. The lowest BCUT2D eigenvalue weighted by Gasteiger charge is -2.63. The summed E-state index contributed by atoms with van der Waals surface area (Å²) in [5, 5.41) is 34.7. The number of hydrogen-bond acceptors (Lipinski definition) is 5. The number of aliphatic hydroxyl groups excluding tert-OH is 3. The van der Waals surface area contributed by atoms with Gasteiger partial charge in [0.1, 0.15) is 5.82 Å². The third-order valence-corrected chi connectivity index (χ3v) is 12.1. The van der Waals surface area contributed by atoms with Gasteiger partial charge in [0, 0.05) is 18.0 Å². The fourth-order valence-electron chi connectivity index (χ4n) is 9.98. The van der Waals surface area contributed by atoms with Gasteiger partial charge in [0.05, 0.1) is 23.8 Å². The molecule has 0 bridgehead atoms. The Kier molecular flexibility index (Phi) is 6.44. The van der Waals surface area contributed by atoms with E-state index in [1.54, 1.807) is 0 Å². The van der Waals surface area contributed by atoms with Crippen LogP contribution in [0.3, 0.4) is 0 Å². The van der Waals surface area contributed by atoms with E-state index in [0.29, 0.717) is 29.6 Å². The molecule has 1 aromatic heterocycles. The smallest absolute Gasteiger partial charge is 0.128 e. The van der Waals surface area contributed by atoms with Crippen LogP contribution in [0.15, 0.2) is 24.4 Å². The van der Waals surface area contributed by atoms with Gasteiger partial charge >= 0.3 is 0 Å². The number of nitrogens with zero attached hydrogens (tertiary/aromatic N) is 2. The van der Waals surface area contributed by atoms with Gasteiger partial charge in [0.15, 0.2) is 0 Å². The number of fused-ring (bicyclic) bond motifs is 6. The lowest BCUT2D eigenvalue weighted by atomic mass is 9.43. The molecule has 4 fully saturated rings. The Morgan fingerprint density at radius 3 is 2.65 bits per heavy atom. The van der Waals surface area contributed by atoms with Crippen molar-refractivity contribution in [3.05, 3.63) is 35.8 Å². The molecule has 0 saturated heterocycles. The van der Waals surface area contributed by atoms with Crippen molar-refractivity contribution in [3.63, 3.8) is 0 Å². The van der Waals surface area contributed by atoms with Gasteiger partial charge in [-0.2, -0.15) is 0 Å². The van der Waals surface area contributed by atoms with Crippen LogP contribution in [0.5, 0.6) is 0 Å². The van der Waals surface area contributed by atoms with E-state index in [4.69, 9.17) is 4.98 Å². The van der Waals surface area contributed by atoms with E-state index in [0.717, 1.165) is 74.5 Å². The maximum Gasteiger partial charge on any atom is 0.128 e. The van der Waals surface area contributed by atoms with Crippen molar-refractivity contribution < 1.29 is 15.3 Å². The maximum absolute atomic E-state index is 11.8. The Morgan fingerprint density at radius 1 is 1.03 bits per heavy atom. The summed E-state index contributed by atoms with van der Waals surface area (Å²) in [5.74, 6) is 3.18. The van der Waals surface area contributed by atoms with Gasteiger partial charge in [-0.05, 0) is 116 Å². The summed E-state index contributed by atoms with van der Waals surface area (Å²) in [6.07, 6.45) is 9.50. The Hall–Kier alpha value is -1.56. The molecule has 0 aliphatic heterocycles. The summed E-state index contributed by atoms with van der Waals surface area (Å²) in [4.78, 5) is 9.50. The second-order valence-electron chi connectivity index (χ2n) is 13.9. The fourth-order valence-corrected chi connectivity index (χ4v) is 9.98. The molecule has 4 aliphatic carbocycles. The molecule has 0 unspecified atom stereocenters. The molecule has 0 spiro atoms. The quantitative estimate of drug-likeness (QED) is 0.512. The van der Waals surface area contributed by atoms with Crippen LogP contribution in [0.2, 0.25) is 0 Å². The van der Waals surface area contributed by atoms with Crippen LogP contribution in [-0.2, 0) is 6.42 Å². The van der Waals surface area contributed by atoms with Crippen LogP contribution in [-0.4, -0.2) is 43.6 Å². The summed E-state index contributed by atoms with van der Waals surface area (Å²) >= 11 is 0. The number of rotatable bonds is 4. The van der Waals surface area contributed by atoms with E-state index >= 15 is 0 Å². The second kappa shape index (κ2) is 9.27. The molecule has 4 saturated carbocycles. The average Bonchev–Trinajstić information content (AvgIpc) is 3.22. The predicted octanol–water partition coefficient (Wildman–Crippen LogP) is 5.47. The molecule has 11 atom stereocenters. The third-order valence-electron chi connectivity index (χ3n) is 12.1. The van der Waals surface area contributed by atoms with Crippen LogP contribution in [0.25, 0.3) is 10.9 Å². The van der Waals surface area contributed by atoms with E-state index in [1.807, 2.05) is 6.20 Å². The first kappa shape index (κ1) is 25.7. The highest BCUT2D eigenvalue weighted by atomic mass is 16.3. The predicted molar refractivity (Wildman–Crippen MR) is 146 cm³/mol. The van der Waals surface area contributed by atoms with Crippen LogP contribution in [0, 0.1) is 53.3 Å². The average molecular weight is 507 g/mol. The summed E-state index contributed by atoms with van der Waals surface area (Å²) in [6, 6.07) is 6.33. The van der Waals surface area contributed by atoms with Gasteiger partial charge in [-0.3, -0.25) is 0 Å². The summed E-state index contributed by atoms with van der Waals surface area (Å²) in [5.41, 5.74) is 2.21. The third kappa shape index (κ3) is 4.06. The zero-order valence-electron chi connectivity index (χ0n) is 23.1. The van der Waals surface area contributed by atoms with Gasteiger partial charge in [0.2, 0.25) is 0 Å². The molecule has 202 valence electrons. The SMILES string of the molecule is Cc1ccc2cnc(CC[C@@H](C)[C@H]3CC[C@H]4[C@@H]5[C@H](O)C[C@@H]6C[C@H](O)CC[C@]6(C)[C@H]5C[C@H](O)[C@]34C)nc2c1. The minimum absolute atomic E-state index is 0.126. The molecular weight excluding hydrogens is 460 g/mol. The monoisotopic (exact) mass is 506 g/mol. The van der Waals surface area contributed by atoms with Crippen molar-refractivity contribution in [2.24, 2.45) is 46.3 Å². The zero-order chi connectivity index (χ0) is 26.1. The topological polar surface area (TPSA) is 86.5 Å². The number of aryl methyl sites for hydroxylation is 2. The molecule has 5 heteroatoms. The molecule has 0 amide bonds. The van der Waals surface area contributed by atoms with Crippen molar-refractivity contribution in [1.29, 1.82) is 0 Å². The molecule has 1 heterocycles. The first-order chi connectivity index (χ1) is 17.6. The molecule has 6 rings (SSSR count). The number of hydrogen-bond donors (Lipinski definition) is 3. The molecular formula is C32H46N2O3. The fraction of sp³-hybridized carbons (Fsp3) is 0.750. The largest absolute Gasteiger partial charge is 0.393 e. The molecule has 5 nitrogen and oxygen atoms in total. The second-order valence-corrected chi connectivity index (χ2v) is 13.9. The van der Waals surface area contributed by atoms with Crippen molar-refractivity contribution >= 4 is 10.9 Å². The summed E-state index contributed by atoms with van der Waals surface area (Å²) < 4.78 is 0. The van der Waals surface area contributed by atoms with Crippen molar-refractivity contribution in [3.8, 4) is 0 Å². The van der Waals surface area contributed by atoms with Gasteiger partial charge < -0.3 is 15.3 Å². The Labute approximate surface area is 222 Å². The van der Waals surface area contributed by atoms with Crippen molar-refractivity contribution in [2.45, 2.75) is 104 Å². The van der Waals surface area contributed by atoms with Gasteiger partial charge in [-0.1, -0.05) is 32.9 Å². The Bertz CT molecular complexity index is 1150.